The van der Waals surface area contributed by atoms with E-state index in [9.17, 15) is 4.79 Å². The van der Waals surface area contributed by atoms with Gasteiger partial charge in [0, 0.05) is 11.8 Å². The molecule has 0 heterocycles. The molecule has 1 heteroatoms. The number of carbonyl (C=O) groups is 1. The molecule has 1 aliphatic rings. The van der Waals surface area contributed by atoms with E-state index in [0.29, 0.717) is 11.7 Å². The molecule has 0 bridgehead atoms. The normalized spacial score (nSPS) is 19.7. The summed E-state index contributed by atoms with van der Waals surface area (Å²) in [7, 11) is 0. The lowest BCUT2D eigenvalue weighted by atomic mass is 9.74. The van der Waals surface area contributed by atoms with E-state index in [-0.39, 0.29) is 5.41 Å². The second kappa shape index (κ2) is 5.67. The maximum absolute atomic E-state index is 12.3. The molecule has 0 saturated heterocycles. The lowest BCUT2D eigenvalue weighted by Gasteiger charge is -2.29. The van der Waals surface area contributed by atoms with Crippen LogP contribution in [-0.4, -0.2) is 5.78 Å². The predicted molar refractivity (Wildman–Crippen MR) is 64.9 cm³/mol. The van der Waals surface area contributed by atoms with Crippen LogP contribution in [0.5, 0.6) is 0 Å². The zero-order chi connectivity index (χ0) is 11.3. The molecule has 0 spiro atoms. The molecule has 15 heavy (non-hydrogen) atoms. The Hall–Kier alpha value is -0.330. The summed E-state index contributed by atoms with van der Waals surface area (Å²) in [6.45, 7) is 6.65. The average molecular weight is 210 g/mol. The molecule has 0 aromatic heterocycles. The fraction of sp³-hybridized carbons (Fsp3) is 0.929. The molecule has 88 valence electrons. The van der Waals surface area contributed by atoms with Crippen molar-refractivity contribution < 1.29 is 4.79 Å². The van der Waals surface area contributed by atoms with Crippen molar-refractivity contribution in [2.24, 2.45) is 11.3 Å². The van der Waals surface area contributed by atoms with Crippen molar-refractivity contribution >= 4 is 5.78 Å². The molecule has 1 fully saturated rings. The van der Waals surface area contributed by atoms with E-state index >= 15 is 0 Å². The van der Waals surface area contributed by atoms with E-state index in [2.05, 4.69) is 20.8 Å². The predicted octanol–water partition coefficient (Wildman–Crippen LogP) is 4.35. The summed E-state index contributed by atoms with van der Waals surface area (Å²) in [5.41, 5.74) is 0.0866. The van der Waals surface area contributed by atoms with E-state index in [0.717, 1.165) is 38.5 Å². The highest BCUT2D eigenvalue weighted by Gasteiger charge is 2.40. The van der Waals surface area contributed by atoms with Gasteiger partial charge in [-0.1, -0.05) is 40.0 Å². The van der Waals surface area contributed by atoms with Crippen LogP contribution in [0.25, 0.3) is 0 Å². The Bertz CT molecular complexity index is 199. The minimum atomic E-state index is 0.0866. The van der Waals surface area contributed by atoms with Crippen molar-refractivity contribution in [3.05, 3.63) is 0 Å². The summed E-state index contributed by atoms with van der Waals surface area (Å²) in [6.07, 6.45) is 9.03. The molecule has 0 amide bonds. The Labute approximate surface area is 94.6 Å². The number of Topliss-reactive ketones (excluding diaryl/α,β-unsaturated/α-hetero) is 1. The van der Waals surface area contributed by atoms with Gasteiger partial charge in [0.2, 0.25) is 0 Å². The highest BCUT2D eigenvalue weighted by Crippen LogP contribution is 2.44. The zero-order valence-corrected chi connectivity index (χ0v) is 10.6. The quantitative estimate of drug-likeness (QED) is 0.637. The lowest BCUT2D eigenvalue weighted by Crippen LogP contribution is -2.29. The average Bonchev–Trinajstić information content (AvgIpc) is 2.62. The molecule has 0 N–H and O–H groups in total. The van der Waals surface area contributed by atoms with Gasteiger partial charge in [-0.2, -0.15) is 0 Å². The Kier molecular flexibility index (Phi) is 4.82. The highest BCUT2D eigenvalue weighted by molar-refractivity contribution is 5.85. The molecular formula is C14H26O. The Balaban J connectivity index is 2.59. The first kappa shape index (κ1) is 12.7. The van der Waals surface area contributed by atoms with E-state index in [1.165, 1.54) is 12.8 Å². The van der Waals surface area contributed by atoms with Crippen molar-refractivity contribution in [2.75, 3.05) is 0 Å². The summed E-state index contributed by atoms with van der Waals surface area (Å²) >= 11 is 0. The topological polar surface area (TPSA) is 17.1 Å². The summed E-state index contributed by atoms with van der Waals surface area (Å²) < 4.78 is 0. The molecule has 1 aliphatic carbocycles. The maximum atomic E-state index is 12.3. The third-order valence-electron chi connectivity index (χ3n) is 3.71. The third-order valence-corrected chi connectivity index (χ3v) is 3.71. The van der Waals surface area contributed by atoms with Gasteiger partial charge in [0.25, 0.3) is 0 Å². The van der Waals surface area contributed by atoms with Crippen LogP contribution in [0.4, 0.5) is 0 Å². The minimum Gasteiger partial charge on any atom is -0.299 e. The number of rotatable bonds is 6. The van der Waals surface area contributed by atoms with Gasteiger partial charge in [-0.3, -0.25) is 4.79 Å². The van der Waals surface area contributed by atoms with Crippen molar-refractivity contribution in [3.63, 3.8) is 0 Å². The molecule has 0 aromatic carbocycles. The minimum absolute atomic E-state index is 0.0866. The molecule has 0 aromatic rings. The first-order valence-corrected chi connectivity index (χ1v) is 6.64. The van der Waals surface area contributed by atoms with Crippen molar-refractivity contribution in [3.8, 4) is 0 Å². The first-order valence-electron chi connectivity index (χ1n) is 6.64. The molecule has 1 saturated carbocycles. The Morgan fingerprint density at radius 2 is 1.87 bits per heavy atom. The molecule has 0 radical (unpaired) electrons. The van der Waals surface area contributed by atoms with Crippen LogP contribution in [0.3, 0.4) is 0 Å². The number of carbonyl (C=O) groups excluding carboxylic acids is 1. The summed E-state index contributed by atoms with van der Waals surface area (Å²) in [5, 5.41) is 0. The van der Waals surface area contributed by atoms with Crippen LogP contribution in [0, 0.1) is 11.3 Å². The van der Waals surface area contributed by atoms with E-state index in [4.69, 9.17) is 0 Å². The van der Waals surface area contributed by atoms with Crippen molar-refractivity contribution in [2.45, 2.75) is 72.1 Å². The van der Waals surface area contributed by atoms with Gasteiger partial charge in [-0.15, -0.1) is 0 Å². The summed E-state index contributed by atoms with van der Waals surface area (Å²) in [4.78, 5) is 12.3. The van der Waals surface area contributed by atoms with Gasteiger partial charge in [0.05, 0.1) is 0 Å². The summed E-state index contributed by atoms with van der Waals surface area (Å²) in [5.74, 6) is 1.23. The van der Waals surface area contributed by atoms with Crippen LogP contribution in [0.2, 0.25) is 0 Å². The standard InChI is InChI=1S/C14H26O/c1-4-5-8-13(15)14(11-12(2)3)9-6-7-10-14/h12H,4-11H2,1-3H3. The molecule has 1 rings (SSSR count). The number of hydrogen-bond donors (Lipinski definition) is 0. The lowest BCUT2D eigenvalue weighted by molar-refractivity contribution is -0.129. The monoisotopic (exact) mass is 210 g/mol. The Morgan fingerprint density at radius 1 is 1.27 bits per heavy atom. The SMILES string of the molecule is CCCCC(=O)C1(CC(C)C)CCCC1. The van der Waals surface area contributed by atoms with Crippen LogP contribution < -0.4 is 0 Å². The number of hydrogen-bond acceptors (Lipinski definition) is 1. The van der Waals surface area contributed by atoms with Gasteiger partial charge < -0.3 is 0 Å². The fourth-order valence-electron chi connectivity index (χ4n) is 3.03. The highest BCUT2D eigenvalue weighted by atomic mass is 16.1. The van der Waals surface area contributed by atoms with Gasteiger partial charge in [0.1, 0.15) is 5.78 Å². The van der Waals surface area contributed by atoms with Gasteiger partial charge in [-0.05, 0) is 31.6 Å². The molecule has 0 atom stereocenters. The second-order valence-corrected chi connectivity index (χ2v) is 5.61. The van der Waals surface area contributed by atoms with Gasteiger partial charge in [-0.25, -0.2) is 0 Å². The largest absolute Gasteiger partial charge is 0.299 e. The summed E-state index contributed by atoms with van der Waals surface area (Å²) in [6, 6.07) is 0. The molecule has 0 unspecified atom stereocenters. The van der Waals surface area contributed by atoms with E-state index < -0.39 is 0 Å². The van der Waals surface area contributed by atoms with Crippen LogP contribution >= 0.6 is 0 Å². The Morgan fingerprint density at radius 3 is 2.33 bits per heavy atom. The third kappa shape index (κ3) is 3.32. The van der Waals surface area contributed by atoms with E-state index in [1.807, 2.05) is 0 Å². The number of ketones is 1. The smallest absolute Gasteiger partial charge is 0.139 e. The van der Waals surface area contributed by atoms with Crippen LogP contribution in [-0.2, 0) is 4.79 Å². The maximum Gasteiger partial charge on any atom is 0.139 e. The van der Waals surface area contributed by atoms with Crippen LogP contribution in [0.1, 0.15) is 72.1 Å². The van der Waals surface area contributed by atoms with Crippen LogP contribution in [0.15, 0.2) is 0 Å². The van der Waals surface area contributed by atoms with Gasteiger partial charge in [0.15, 0.2) is 0 Å². The molecule has 0 aliphatic heterocycles. The van der Waals surface area contributed by atoms with Crippen molar-refractivity contribution in [1.29, 1.82) is 0 Å². The van der Waals surface area contributed by atoms with Gasteiger partial charge >= 0.3 is 0 Å². The van der Waals surface area contributed by atoms with E-state index in [1.54, 1.807) is 0 Å². The van der Waals surface area contributed by atoms with Crippen molar-refractivity contribution in [1.82, 2.24) is 0 Å². The zero-order valence-electron chi connectivity index (χ0n) is 10.6. The fourth-order valence-corrected chi connectivity index (χ4v) is 3.03. The second-order valence-electron chi connectivity index (χ2n) is 5.61. The number of unbranched alkanes of at least 4 members (excludes halogenated alkanes) is 1. The first-order chi connectivity index (χ1) is 7.10. The molecular weight excluding hydrogens is 184 g/mol. The molecule has 1 nitrogen and oxygen atoms in total.